The number of rotatable bonds is 5. The van der Waals surface area contributed by atoms with Crippen molar-refractivity contribution in [1.29, 1.82) is 0 Å². The van der Waals surface area contributed by atoms with Gasteiger partial charge < -0.3 is 14.6 Å². The monoisotopic (exact) mass is 484 g/mol. The summed E-state index contributed by atoms with van der Waals surface area (Å²) in [5.41, 5.74) is 0.727. The highest BCUT2D eigenvalue weighted by Crippen LogP contribution is 2.37. The van der Waals surface area contributed by atoms with Crippen molar-refractivity contribution in [2.75, 3.05) is 24.5 Å². The third kappa shape index (κ3) is 4.69. The minimum Gasteiger partial charge on any atom is -0.593 e. The molecule has 10 heteroatoms. The SMILES string of the molecule is CCC1CN(c2ccc(C(F)(F)F)c(F)c2)CCN1[S+]([O-])c1ccc2c(c1)C(C(=O)O)CC2. The van der Waals surface area contributed by atoms with Crippen LogP contribution in [0.25, 0.3) is 0 Å². The molecule has 2 aliphatic rings. The van der Waals surface area contributed by atoms with E-state index >= 15 is 0 Å². The van der Waals surface area contributed by atoms with Crippen LogP contribution in [0.3, 0.4) is 0 Å². The van der Waals surface area contributed by atoms with E-state index in [0.29, 0.717) is 55.0 Å². The van der Waals surface area contributed by atoms with Crippen molar-refractivity contribution in [2.24, 2.45) is 0 Å². The lowest BCUT2D eigenvalue weighted by molar-refractivity contribution is -0.140. The van der Waals surface area contributed by atoms with Gasteiger partial charge >= 0.3 is 12.1 Å². The van der Waals surface area contributed by atoms with Crippen molar-refractivity contribution in [2.45, 2.75) is 49.2 Å². The molecule has 1 aliphatic carbocycles. The second-order valence-corrected chi connectivity index (χ2v) is 9.79. The van der Waals surface area contributed by atoms with Gasteiger partial charge in [-0.2, -0.15) is 13.2 Å². The normalized spacial score (nSPS) is 22.3. The first-order chi connectivity index (χ1) is 15.6. The predicted molar refractivity (Wildman–Crippen MR) is 116 cm³/mol. The fraction of sp³-hybridized carbons (Fsp3) is 0.435. The Hall–Kier alpha value is -2.30. The van der Waals surface area contributed by atoms with Crippen LogP contribution in [0.15, 0.2) is 41.3 Å². The number of aryl methyl sites for hydroxylation is 1. The number of anilines is 1. The van der Waals surface area contributed by atoms with E-state index in [9.17, 15) is 32.0 Å². The molecule has 1 saturated heterocycles. The third-order valence-corrected chi connectivity index (χ3v) is 7.99. The maximum Gasteiger partial charge on any atom is 0.419 e. The number of aliphatic carboxylic acids is 1. The van der Waals surface area contributed by atoms with Gasteiger partial charge in [0.15, 0.2) is 4.90 Å². The number of halogens is 4. The van der Waals surface area contributed by atoms with E-state index in [2.05, 4.69) is 0 Å². The molecule has 5 nitrogen and oxygen atoms in total. The molecule has 0 saturated carbocycles. The smallest absolute Gasteiger partial charge is 0.419 e. The zero-order chi connectivity index (χ0) is 23.9. The number of carboxylic acids is 1. The maximum absolute atomic E-state index is 14.1. The number of nitrogens with zero attached hydrogens (tertiary/aromatic N) is 2. The number of carboxylic acid groups (broad SMARTS) is 1. The van der Waals surface area contributed by atoms with Crippen LogP contribution in [0, 0.1) is 5.82 Å². The highest BCUT2D eigenvalue weighted by molar-refractivity contribution is 7.89. The molecular weight excluding hydrogens is 460 g/mol. The van der Waals surface area contributed by atoms with Gasteiger partial charge in [-0.15, -0.1) is 4.31 Å². The van der Waals surface area contributed by atoms with Crippen LogP contribution in [0.2, 0.25) is 0 Å². The Morgan fingerprint density at radius 1 is 1.21 bits per heavy atom. The molecule has 178 valence electrons. The number of fused-ring (bicyclic) bond motifs is 1. The molecule has 2 aromatic rings. The molecule has 33 heavy (non-hydrogen) atoms. The molecule has 0 amide bonds. The molecule has 3 atom stereocenters. The van der Waals surface area contributed by atoms with Gasteiger partial charge in [0, 0.05) is 18.8 Å². The van der Waals surface area contributed by atoms with E-state index in [-0.39, 0.29) is 6.04 Å². The van der Waals surface area contributed by atoms with E-state index in [1.165, 1.54) is 6.07 Å². The lowest BCUT2D eigenvalue weighted by Gasteiger charge is -2.41. The summed E-state index contributed by atoms with van der Waals surface area (Å²) >= 11 is -1.52. The Morgan fingerprint density at radius 2 is 1.97 bits per heavy atom. The molecule has 3 unspecified atom stereocenters. The van der Waals surface area contributed by atoms with Crippen LogP contribution in [0.5, 0.6) is 0 Å². The van der Waals surface area contributed by atoms with Crippen LogP contribution in [-0.2, 0) is 28.8 Å². The number of carbonyl (C=O) groups is 1. The minimum absolute atomic E-state index is 0.173. The highest BCUT2D eigenvalue weighted by atomic mass is 32.2. The molecule has 1 N–H and O–H groups in total. The third-order valence-electron chi connectivity index (χ3n) is 6.43. The van der Waals surface area contributed by atoms with E-state index in [4.69, 9.17) is 0 Å². The standard InChI is InChI=1S/C23H24F4N2O3S/c1-2-15-13-28(16-5-8-20(21(24)11-16)23(25,26)27)9-10-29(15)33(32)17-6-3-14-4-7-18(22(30)31)19(14)12-17/h3,5-6,8,11-12,15,18H,2,4,7,9-10,13H2,1H3,(H,30,31). The first-order valence-electron chi connectivity index (χ1n) is 10.8. The summed E-state index contributed by atoms with van der Waals surface area (Å²) in [5, 5.41) is 9.46. The van der Waals surface area contributed by atoms with Crippen LogP contribution in [-0.4, -0.2) is 45.6 Å². The number of hydrogen-bond donors (Lipinski definition) is 1. The predicted octanol–water partition coefficient (Wildman–Crippen LogP) is 4.58. The summed E-state index contributed by atoms with van der Waals surface area (Å²) in [4.78, 5) is 13.9. The van der Waals surface area contributed by atoms with Gasteiger partial charge in [-0.25, -0.2) is 4.39 Å². The topological polar surface area (TPSA) is 66.8 Å². The molecule has 0 spiro atoms. The molecule has 1 fully saturated rings. The van der Waals surface area contributed by atoms with Crippen LogP contribution < -0.4 is 4.90 Å². The van der Waals surface area contributed by atoms with E-state index in [0.717, 1.165) is 17.7 Å². The summed E-state index contributed by atoms with van der Waals surface area (Å²) in [6.07, 6.45) is -2.91. The molecule has 1 heterocycles. The van der Waals surface area contributed by atoms with E-state index < -0.39 is 40.8 Å². The number of alkyl halides is 3. The maximum atomic E-state index is 14.1. The summed E-state index contributed by atoms with van der Waals surface area (Å²) < 4.78 is 67.9. The lowest BCUT2D eigenvalue weighted by atomic mass is 10.0. The van der Waals surface area contributed by atoms with Gasteiger partial charge in [-0.05, 0) is 60.7 Å². The Balaban J connectivity index is 1.51. The van der Waals surface area contributed by atoms with Crippen molar-refractivity contribution in [3.8, 4) is 0 Å². The second-order valence-electron chi connectivity index (χ2n) is 8.35. The zero-order valence-electron chi connectivity index (χ0n) is 17.9. The highest BCUT2D eigenvalue weighted by Gasteiger charge is 2.38. The second kappa shape index (κ2) is 9.15. The average molecular weight is 485 g/mol. The van der Waals surface area contributed by atoms with Crippen molar-refractivity contribution in [3.63, 3.8) is 0 Å². The van der Waals surface area contributed by atoms with Crippen molar-refractivity contribution >= 4 is 23.0 Å². The molecule has 0 aromatic heterocycles. The van der Waals surface area contributed by atoms with Crippen LogP contribution >= 0.6 is 0 Å². The minimum atomic E-state index is -4.75. The Labute approximate surface area is 192 Å². The van der Waals surface area contributed by atoms with E-state index in [1.807, 2.05) is 17.3 Å². The molecular formula is C23H24F4N2O3S. The Bertz CT molecular complexity index is 1050. The number of piperazine rings is 1. The van der Waals surface area contributed by atoms with Gasteiger partial charge in [0.1, 0.15) is 5.82 Å². The molecule has 1 aliphatic heterocycles. The van der Waals surface area contributed by atoms with Gasteiger partial charge in [0.05, 0.1) is 35.4 Å². The van der Waals surface area contributed by atoms with Crippen LogP contribution in [0.4, 0.5) is 23.2 Å². The van der Waals surface area contributed by atoms with Gasteiger partial charge in [0.2, 0.25) is 0 Å². The molecule has 4 rings (SSSR count). The summed E-state index contributed by atoms with van der Waals surface area (Å²) in [7, 11) is 0. The van der Waals surface area contributed by atoms with Crippen molar-refractivity contribution in [1.82, 2.24) is 4.31 Å². The summed E-state index contributed by atoms with van der Waals surface area (Å²) in [6, 6.07) is 8.07. The fourth-order valence-electron chi connectivity index (χ4n) is 4.64. The first kappa shape index (κ1) is 23.8. The van der Waals surface area contributed by atoms with Crippen molar-refractivity contribution in [3.05, 3.63) is 58.9 Å². The average Bonchev–Trinajstić information content (AvgIpc) is 3.20. The van der Waals surface area contributed by atoms with Gasteiger partial charge in [-0.1, -0.05) is 13.0 Å². The molecule has 2 aromatic carbocycles. The fourth-order valence-corrected chi connectivity index (χ4v) is 6.05. The first-order valence-corrected chi connectivity index (χ1v) is 11.9. The van der Waals surface area contributed by atoms with E-state index in [1.54, 1.807) is 17.0 Å². The lowest BCUT2D eigenvalue weighted by Crippen LogP contribution is -2.55. The Kier molecular flexibility index (Phi) is 6.61. The van der Waals surface area contributed by atoms with Gasteiger partial charge in [0.25, 0.3) is 0 Å². The number of hydrogen-bond acceptors (Lipinski definition) is 4. The largest absolute Gasteiger partial charge is 0.593 e. The molecule has 0 bridgehead atoms. The Morgan fingerprint density at radius 3 is 2.61 bits per heavy atom. The molecule has 0 radical (unpaired) electrons. The summed E-state index contributed by atoms with van der Waals surface area (Å²) in [5.74, 6) is -2.80. The number of benzene rings is 2. The van der Waals surface area contributed by atoms with Crippen molar-refractivity contribution < 1.29 is 32.0 Å². The van der Waals surface area contributed by atoms with Crippen LogP contribution in [0.1, 0.15) is 42.4 Å². The van der Waals surface area contributed by atoms with Gasteiger partial charge in [-0.3, -0.25) is 4.79 Å². The zero-order valence-corrected chi connectivity index (χ0v) is 18.8. The summed E-state index contributed by atoms with van der Waals surface area (Å²) in [6.45, 7) is 3.05. The quantitative estimate of drug-likeness (QED) is 0.497.